The molecule has 112 valence electrons. The standard InChI is InChI=1S/C13H12F3N3O2/c1-19(2)7-3-4-9(13(14,15)16)8(5-7)10-6-11(12(20)21)18-17-10/h3-6H,1-2H3,(H,17,18)(H,20,21). The van der Waals surface area contributed by atoms with Crippen LogP contribution in [0, 0.1) is 0 Å². The molecule has 1 heterocycles. The van der Waals surface area contributed by atoms with Gasteiger partial charge in [-0.2, -0.15) is 18.3 Å². The van der Waals surface area contributed by atoms with Gasteiger partial charge in [0.25, 0.3) is 0 Å². The van der Waals surface area contributed by atoms with Gasteiger partial charge >= 0.3 is 12.1 Å². The van der Waals surface area contributed by atoms with E-state index in [-0.39, 0.29) is 17.0 Å². The van der Waals surface area contributed by atoms with Crippen molar-refractivity contribution >= 4 is 11.7 Å². The number of benzene rings is 1. The highest BCUT2D eigenvalue weighted by molar-refractivity contribution is 5.87. The van der Waals surface area contributed by atoms with Crippen molar-refractivity contribution in [3.8, 4) is 11.3 Å². The third-order valence-corrected chi connectivity index (χ3v) is 2.91. The molecule has 0 saturated heterocycles. The Morgan fingerprint density at radius 1 is 1.29 bits per heavy atom. The van der Waals surface area contributed by atoms with Crippen molar-refractivity contribution in [1.29, 1.82) is 0 Å². The number of hydrogen-bond donors (Lipinski definition) is 2. The van der Waals surface area contributed by atoms with Crippen LogP contribution < -0.4 is 4.90 Å². The first-order valence-corrected chi connectivity index (χ1v) is 5.88. The molecule has 21 heavy (non-hydrogen) atoms. The maximum Gasteiger partial charge on any atom is 0.417 e. The van der Waals surface area contributed by atoms with Crippen LogP contribution >= 0.6 is 0 Å². The molecule has 2 aromatic rings. The molecule has 2 rings (SSSR count). The van der Waals surface area contributed by atoms with Crippen LogP contribution in [0.3, 0.4) is 0 Å². The fourth-order valence-electron chi connectivity index (χ4n) is 1.84. The molecule has 0 bridgehead atoms. The van der Waals surface area contributed by atoms with Crippen molar-refractivity contribution in [3.63, 3.8) is 0 Å². The lowest BCUT2D eigenvalue weighted by Gasteiger charge is -2.17. The topological polar surface area (TPSA) is 69.2 Å². The highest BCUT2D eigenvalue weighted by Gasteiger charge is 2.34. The Hall–Kier alpha value is -2.51. The highest BCUT2D eigenvalue weighted by Crippen LogP contribution is 2.38. The molecule has 0 unspecified atom stereocenters. The Bertz CT molecular complexity index is 678. The normalized spacial score (nSPS) is 11.5. The number of hydrogen-bond acceptors (Lipinski definition) is 3. The van der Waals surface area contributed by atoms with Gasteiger partial charge in [-0.1, -0.05) is 0 Å². The fraction of sp³-hybridized carbons (Fsp3) is 0.231. The Morgan fingerprint density at radius 3 is 2.43 bits per heavy atom. The first kappa shape index (κ1) is 14.9. The molecule has 1 aromatic heterocycles. The Kier molecular flexibility index (Phi) is 3.63. The quantitative estimate of drug-likeness (QED) is 0.914. The minimum absolute atomic E-state index is 0.0663. The van der Waals surface area contributed by atoms with E-state index in [2.05, 4.69) is 10.2 Å². The number of aromatic carboxylic acids is 1. The lowest BCUT2D eigenvalue weighted by atomic mass is 10.0. The molecule has 5 nitrogen and oxygen atoms in total. The summed E-state index contributed by atoms with van der Waals surface area (Å²) in [5.74, 6) is -1.29. The number of H-pyrrole nitrogens is 1. The second-order valence-corrected chi connectivity index (χ2v) is 4.59. The molecule has 0 radical (unpaired) electrons. The summed E-state index contributed by atoms with van der Waals surface area (Å²) < 4.78 is 39.2. The lowest BCUT2D eigenvalue weighted by molar-refractivity contribution is -0.137. The molecule has 0 fully saturated rings. The van der Waals surface area contributed by atoms with Gasteiger partial charge in [-0.3, -0.25) is 5.10 Å². The number of rotatable bonds is 3. The van der Waals surface area contributed by atoms with E-state index in [0.29, 0.717) is 5.69 Å². The number of nitrogens with one attached hydrogen (secondary N) is 1. The van der Waals surface area contributed by atoms with Crippen LogP contribution in [0.5, 0.6) is 0 Å². The Balaban J connectivity index is 2.62. The van der Waals surface area contributed by atoms with E-state index < -0.39 is 17.7 Å². The molecule has 0 saturated carbocycles. The minimum atomic E-state index is -4.55. The average molecular weight is 299 g/mol. The largest absolute Gasteiger partial charge is 0.477 e. The average Bonchev–Trinajstić information content (AvgIpc) is 2.86. The van der Waals surface area contributed by atoms with E-state index >= 15 is 0 Å². The number of aromatic amines is 1. The van der Waals surface area contributed by atoms with Gasteiger partial charge in [-0.25, -0.2) is 4.79 Å². The smallest absolute Gasteiger partial charge is 0.417 e. The van der Waals surface area contributed by atoms with Gasteiger partial charge in [0.05, 0.1) is 11.3 Å². The number of nitrogens with zero attached hydrogens (tertiary/aromatic N) is 2. The first-order chi connectivity index (χ1) is 9.70. The van der Waals surface area contributed by atoms with Crippen LogP contribution in [0.1, 0.15) is 16.1 Å². The van der Waals surface area contributed by atoms with Crippen LogP contribution in [0.15, 0.2) is 24.3 Å². The summed E-state index contributed by atoms with van der Waals surface area (Å²) in [6.07, 6.45) is -4.55. The molecule has 2 N–H and O–H groups in total. The van der Waals surface area contributed by atoms with Gasteiger partial charge in [-0.15, -0.1) is 0 Å². The van der Waals surface area contributed by atoms with Crippen LogP contribution in [0.4, 0.5) is 18.9 Å². The highest BCUT2D eigenvalue weighted by atomic mass is 19.4. The predicted octanol–water partition coefficient (Wildman–Crippen LogP) is 2.86. The number of alkyl halides is 3. The van der Waals surface area contributed by atoms with Gasteiger partial charge in [0.1, 0.15) is 5.69 Å². The number of carboxylic acids is 1. The van der Waals surface area contributed by atoms with E-state index in [1.807, 2.05) is 0 Å². The van der Waals surface area contributed by atoms with E-state index in [9.17, 15) is 18.0 Å². The molecule has 0 amide bonds. The molecule has 0 aliphatic carbocycles. The van der Waals surface area contributed by atoms with Crippen molar-refractivity contribution < 1.29 is 23.1 Å². The SMILES string of the molecule is CN(C)c1ccc(C(F)(F)F)c(-c2cc(C(=O)O)[nH]n2)c1. The molecular formula is C13H12F3N3O2. The number of aromatic nitrogens is 2. The van der Waals surface area contributed by atoms with Gasteiger partial charge in [-0.05, 0) is 24.3 Å². The van der Waals surface area contributed by atoms with Crippen molar-refractivity contribution in [2.45, 2.75) is 6.18 Å². The zero-order valence-electron chi connectivity index (χ0n) is 11.2. The number of carboxylic acid groups (broad SMARTS) is 1. The molecule has 8 heteroatoms. The van der Waals surface area contributed by atoms with E-state index in [1.54, 1.807) is 19.0 Å². The predicted molar refractivity (Wildman–Crippen MR) is 70.3 cm³/mol. The zero-order valence-corrected chi connectivity index (χ0v) is 11.2. The van der Waals surface area contributed by atoms with Crippen LogP contribution in [-0.2, 0) is 6.18 Å². The Labute approximate surface area is 118 Å². The molecular weight excluding hydrogens is 287 g/mol. The van der Waals surface area contributed by atoms with Crippen molar-refractivity contribution in [2.75, 3.05) is 19.0 Å². The monoisotopic (exact) mass is 299 g/mol. The van der Waals surface area contributed by atoms with Gasteiger partial charge < -0.3 is 10.0 Å². The van der Waals surface area contributed by atoms with Crippen LogP contribution in [0.2, 0.25) is 0 Å². The summed E-state index contributed by atoms with van der Waals surface area (Å²) in [5, 5.41) is 14.7. The summed E-state index contributed by atoms with van der Waals surface area (Å²) in [6.45, 7) is 0. The third-order valence-electron chi connectivity index (χ3n) is 2.91. The van der Waals surface area contributed by atoms with Crippen molar-refractivity contribution in [2.24, 2.45) is 0 Å². The number of anilines is 1. The van der Waals surface area contributed by atoms with Crippen molar-refractivity contribution in [1.82, 2.24) is 10.2 Å². The summed E-state index contributed by atoms with van der Waals surface area (Å²) in [5.41, 5.74) is -0.816. The number of carbonyl (C=O) groups is 1. The maximum absolute atomic E-state index is 13.1. The van der Waals surface area contributed by atoms with E-state index in [1.165, 1.54) is 12.1 Å². The zero-order chi connectivity index (χ0) is 15.8. The summed E-state index contributed by atoms with van der Waals surface area (Å²) in [7, 11) is 3.39. The molecule has 0 atom stereocenters. The van der Waals surface area contributed by atoms with E-state index in [4.69, 9.17) is 5.11 Å². The first-order valence-electron chi connectivity index (χ1n) is 5.88. The summed E-state index contributed by atoms with van der Waals surface area (Å²) >= 11 is 0. The molecule has 1 aromatic carbocycles. The van der Waals surface area contributed by atoms with Gasteiger partial charge in [0.2, 0.25) is 0 Å². The number of halogens is 3. The second-order valence-electron chi connectivity index (χ2n) is 4.59. The van der Waals surface area contributed by atoms with E-state index in [0.717, 1.165) is 12.1 Å². The van der Waals surface area contributed by atoms with Crippen molar-refractivity contribution in [3.05, 3.63) is 35.5 Å². The second kappa shape index (κ2) is 5.12. The van der Waals surface area contributed by atoms with Gasteiger partial charge in [0, 0.05) is 25.3 Å². The van der Waals surface area contributed by atoms with Gasteiger partial charge in [0.15, 0.2) is 0 Å². The van der Waals surface area contributed by atoms with Crippen LogP contribution in [0.25, 0.3) is 11.3 Å². The fourth-order valence-corrected chi connectivity index (χ4v) is 1.84. The maximum atomic E-state index is 13.1. The summed E-state index contributed by atoms with van der Waals surface area (Å²) in [4.78, 5) is 12.4. The van der Waals surface area contributed by atoms with Crippen LogP contribution in [-0.4, -0.2) is 35.4 Å². The lowest BCUT2D eigenvalue weighted by Crippen LogP contribution is -2.12. The third kappa shape index (κ3) is 2.99. The Morgan fingerprint density at radius 2 is 1.95 bits per heavy atom. The molecule has 0 aliphatic rings. The summed E-state index contributed by atoms with van der Waals surface area (Å²) in [6, 6.07) is 4.70. The minimum Gasteiger partial charge on any atom is -0.477 e. The molecule has 0 spiro atoms. The molecule has 0 aliphatic heterocycles.